The second-order valence-corrected chi connectivity index (χ2v) is 7.65. The maximum absolute atomic E-state index is 12.2. The molecule has 4 atom stereocenters. The average Bonchev–Trinajstić information content (AvgIpc) is 3.08. The van der Waals surface area contributed by atoms with E-state index in [2.05, 4.69) is 0 Å². The summed E-state index contributed by atoms with van der Waals surface area (Å²) in [5.74, 6) is -0.448. The van der Waals surface area contributed by atoms with E-state index in [1.165, 1.54) is 19.2 Å². The zero-order valence-corrected chi connectivity index (χ0v) is 17.4. The Morgan fingerprint density at radius 1 is 1.13 bits per heavy atom. The Bertz CT molecular complexity index is 1070. The van der Waals surface area contributed by atoms with E-state index >= 15 is 0 Å². The molecular formula is C21H22O10. The Morgan fingerprint density at radius 3 is 2.58 bits per heavy atom. The Morgan fingerprint density at radius 2 is 1.87 bits per heavy atom. The van der Waals surface area contributed by atoms with E-state index < -0.39 is 48.0 Å². The fraction of sp³-hybridized carbons (Fsp3) is 0.476. The molecule has 1 aromatic heterocycles. The van der Waals surface area contributed by atoms with Gasteiger partial charge in [-0.2, -0.15) is 0 Å². The normalized spacial score (nSPS) is 26.6. The molecule has 2 fully saturated rings. The first-order chi connectivity index (χ1) is 14.7. The third kappa shape index (κ3) is 3.84. The molecule has 10 nitrogen and oxygen atoms in total. The number of hydrogen-bond acceptors (Lipinski definition) is 10. The smallest absolute Gasteiger partial charge is 0.462 e. The van der Waals surface area contributed by atoms with Gasteiger partial charge in [0.2, 0.25) is 12.4 Å². The van der Waals surface area contributed by atoms with Crippen molar-refractivity contribution in [1.82, 2.24) is 0 Å². The summed E-state index contributed by atoms with van der Waals surface area (Å²) >= 11 is 0. The van der Waals surface area contributed by atoms with Gasteiger partial charge in [-0.1, -0.05) is 0 Å². The van der Waals surface area contributed by atoms with E-state index in [0.717, 1.165) is 0 Å². The predicted molar refractivity (Wildman–Crippen MR) is 104 cm³/mol. The fourth-order valence-electron chi connectivity index (χ4n) is 3.82. The summed E-state index contributed by atoms with van der Waals surface area (Å²) in [6, 6.07) is 6.12. The number of esters is 1. The van der Waals surface area contributed by atoms with Gasteiger partial charge in [0, 0.05) is 18.6 Å². The summed E-state index contributed by atoms with van der Waals surface area (Å²) in [7, 11) is 1.50. The van der Waals surface area contributed by atoms with Crippen LogP contribution in [0.1, 0.15) is 31.1 Å². The zero-order valence-electron chi connectivity index (χ0n) is 17.4. The summed E-state index contributed by atoms with van der Waals surface area (Å²) in [4.78, 5) is 35.8. The molecule has 1 aromatic carbocycles. The quantitative estimate of drug-likeness (QED) is 0.512. The molecule has 0 bridgehead atoms. The number of rotatable bonds is 5. The molecule has 0 spiro atoms. The summed E-state index contributed by atoms with van der Waals surface area (Å²) in [6.45, 7) is 5.36. The largest absolute Gasteiger partial charge is 0.509 e. The average molecular weight is 434 g/mol. The molecule has 31 heavy (non-hydrogen) atoms. The van der Waals surface area contributed by atoms with Crippen molar-refractivity contribution in [2.24, 2.45) is 0 Å². The first-order valence-corrected chi connectivity index (χ1v) is 9.73. The lowest BCUT2D eigenvalue weighted by Crippen LogP contribution is -2.62. The maximum Gasteiger partial charge on any atom is 0.509 e. The number of methoxy groups -OCH3 is 1. The van der Waals surface area contributed by atoms with Crippen LogP contribution >= 0.6 is 0 Å². The van der Waals surface area contributed by atoms with Gasteiger partial charge in [-0.05, 0) is 39.0 Å². The van der Waals surface area contributed by atoms with E-state index in [9.17, 15) is 14.4 Å². The van der Waals surface area contributed by atoms with Crippen LogP contribution in [0.5, 0.6) is 5.75 Å². The lowest BCUT2D eigenvalue weighted by atomic mass is 9.89. The lowest BCUT2D eigenvalue weighted by molar-refractivity contribution is -0.282. The third-order valence-corrected chi connectivity index (χ3v) is 5.17. The summed E-state index contributed by atoms with van der Waals surface area (Å²) in [5, 5.41) is 0.507. The number of ether oxygens (including phenoxy) is 6. The van der Waals surface area contributed by atoms with Gasteiger partial charge in [-0.15, -0.1) is 0 Å². The monoisotopic (exact) mass is 434 g/mol. The molecule has 2 unspecified atom stereocenters. The van der Waals surface area contributed by atoms with Crippen molar-refractivity contribution >= 4 is 23.1 Å². The van der Waals surface area contributed by atoms with Crippen LogP contribution in [-0.4, -0.2) is 56.0 Å². The highest BCUT2D eigenvalue weighted by atomic mass is 16.8. The van der Waals surface area contributed by atoms with E-state index in [1.807, 2.05) is 0 Å². The second-order valence-electron chi connectivity index (χ2n) is 7.65. The Balaban J connectivity index is 1.62. The number of carbonyl (C=O) groups excluding carboxylic acids is 2. The van der Waals surface area contributed by atoms with Crippen molar-refractivity contribution in [2.45, 2.75) is 51.0 Å². The van der Waals surface area contributed by atoms with Crippen molar-refractivity contribution in [3.05, 3.63) is 40.2 Å². The maximum atomic E-state index is 12.2. The van der Waals surface area contributed by atoms with Gasteiger partial charge in [-0.25, -0.2) is 14.4 Å². The molecule has 3 heterocycles. The number of carbonyl (C=O) groups is 2. The van der Waals surface area contributed by atoms with Crippen LogP contribution in [0.3, 0.4) is 0 Å². The van der Waals surface area contributed by atoms with Crippen molar-refractivity contribution in [3.63, 3.8) is 0 Å². The highest BCUT2D eigenvalue weighted by Gasteiger charge is 2.58. The van der Waals surface area contributed by atoms with Gasteiger partial charge in [0.1, 0.15) is 23.0 Å². The molecule has 0 radical (unpaired) electrons. The van der Waals surface area contributed by atoms with Gasteiger partial charge in [0.25, 0.3) is 0 Å². The Hall–Kier alpha value is -3.11. The van der Waals surface area contributed by atoms with E-state index in [1.54, 1.807) is 32.9 Å². The molecule has 0 saturated carbocycles. The number of fused-ring (bicyclic) bond motifs is 2. The van der Waals surface area contributed by atoms with E-state index in [0.29, 0.717) is 11.1 Å². The van der Waals surface area contributed by atoms with E-state index in [4.69, 9.17) is 32.8 Å². The topological polar surface area (TPSA) is 120 Å². The van der Waals surface area contributed by atoms with Crippen molar-refractivity contribution in [1.29, 1.82) is 0 Å². The standard InChI is InChI=1S/C21H22O10/c1-5-26-17(22)12-8-10-6-7-11(9-13(10)28-18(12)23)27-19-15-14(29-20(24)30-15)16(25-4)21(2,3)31-19/h6-9,14-16,19H,5H2,1-4H3/t14-,15+,16?,19?/m1/s1. The second kappa shape index (κ2) is 7.86. The minimum absolute atomic E-state index is 0.140. The molecule has 10 heteroatoms. The molecule has 166 valence electrons. The molecule has 2 saturated heterocycles. The minimum Gasteiger partial charge on any atom is -0.462 e. The van der Waals surface area contributed by atoms with Crippen LogP contribution in [0.2, 0.25) is 0 Å². The molecule has 4 rings (SSSR count). The van der Waals surface area contributed by atoms with E-state index in [-0.39, 0.29) is 17.8 Å². The van der Waals surface area contributed by atoms with Crippen LogP contribution in [0.25, 0.3) is 11.0 Å². The number of benzene rings is 1. The lowest BCUT2D eigenvalue weighted by Gasteiger charge is -2.45. The third-order valence-electron chi connectivity index (χ3n) is 5.17. The Labute approximate surface area is 176 Å². The highest BCUT2D eigenvalue weighted by molar-refractivity contribution is 5.93. The molecule has 0 amide bonds. The highest BCUT2D eigenvalue weighted by Crippen LogP contribution is 2.38. The molecular weight excluding hydrogens is 412 g/mol. The molecule has 2 aliphatic heterocycles. The van der Waals surface area contributed by atoms with Crippen molar-refractivity contribution < 1.29 is 42.4 Å². The molecule has 0 aliphatic carbocycles. The summed E-state index contributed by atoms with van der Waals surface area (Å²) in [6.07, 6.45) is -3.93. The van der Waals surface area contributed by atoms with Crippen LogP contribution in [0.15, 0.2) is 33.5 Å². The van der Waals surface area contributed by atoms with Gasteiger partial charge in [-0.3, -0.25) is 0 Å². The van der Waals surface area contributed by atoms with Crippen LogP contribution < -0.4 is 10.4 Å². The molecule has 2 aliphatic rings. The van der Waals surface area contributed by atoms with Crippen LogP contribution in [-0.2, 0) is 23.7 Å². The van der Waals surface area contributed by atoms with Crippen LogP contribution in [0.4, 0.5) is 4.79 Å². The summed E-state index contributed by atoms with van der Waals surface area (Å²) < 4.78 is 38.0. The van der Waals surface area contributed by atoms with Gasteiger partial charge < -0.3 is 32.8 Å². The minimum atomic E-state index is -0.985. The van der Waals surface area contributed by atoms with Crippen molar-refractivity contribution in [2.75, 3.05) is 13.7 Å². The first kappa shape index (κ1) is 21.1. The first-order valence-electron chi connectivity index (χ1n) is 9.73. The summed E-state index contributed by atoms with van der Waals surface area (Å²) in [5.41, 5.74) is -1.65. The fourth-order valence-corrected chi connectivity index (χ4v) is 3.82. The Kier molecular flexibility index (Phi) is 5.36. The molecule has 0 N–H and O–H groups in total. The van der Waals surface area contributed by atoms with Crippen LogP contribution in [0, 0.1) is 0 Å². The molecule has 2 aromatic rings. The number of hydrogen-bond donors (Lipinski definition) is 0. The zero-order chi connectivity index (χ0) is 22.3. The predicted octanol–water partition coefficient (Wildman–Crippen LogP) is 2.40. The van der Waals surface area contributed by atoms with Crippen molar-refractivity contribution in [3.8, 4) is 5.75 Å². The van der Waals surface area contributed by atoms with Gasteiger partial charge in [0.05, 0.1) is 12.2 Å². The SMILES string of the molecule is CCOC(=O)c1cc2ccc(OC3OC(C)(C)C(OC)[C@@H]4OC(=O)O[C@H]34)cc2oc1=O. The van der Waals surface area contributed by atoms with Gasteiger partial charge >= 0.3 is 17.8 Å². The van der Waals surface area contributed by atoms with Gasteiger partial charge in [0.15, 0.2) is 6.10 Å².